The van der Waals surface area contributed by atoms with E-state index in [1.807, 2.05) is 38.2 Å². The molecule has 1 rings (SSSR count). The molecule has 0 amide bonds. The van der Waals surface area contributed by atoms with Crippen LogP contribution in [0.25, 0.3) is 6.08 Å². The Morgan fingerprint density at radius 2 is 1.92 bits per heavy atom. The van der Waals surface area contributed by atoms with Crippen LogP contribution in [0.15, 0.2) is 30.6 Å². The molecular weight excluding hydrogens is 148 g/mol. The van der Waals surface area contributed by atoms with Gasteiger partial charge in [-0.1, -0.05) is 18.2 Å². The maximum absolute atomic E-state index is 4.17. The molecule has 1 aromatic heterocycles. The van der Waals surface area contributed by atoms with Crippen molar-refractivity contribution in [1.29, 1.82) is 0 Å². The predicted octanol–water partition coefficient (Wildman–Crippen LogP) is 2.37. The van der Waals surface area contributed by atoms with Crippen LogP contribution in [0.5, 0.6) is 0 Å². The molecule has 0 aliphatic heterocycles. The van der Waals surface area contributed by atoms with E-state index in [-0.39, 0.29) is 0 Å². The lowest BCUT2D eigenvalue weighted by molar-refractivity contribution is 1.10. The highest BCUT2D eigenvalue weighted by Gasteiger charge is 1.91. The first kappa shape index (κ1) is 8.65. The van der Waals surface area contributed by atoms with Crippen molar-refractivity contribution in [1.82, 2.24) is 9.97 Å². The van der Waals surface area contributed by atoms with Crippen molar-refractivity contribution in [3.05, 3.63) is 42.0 Å². The lowest BCUT2D eigenvalue weighted by Gasteiger charge is -1.94. The van der Waals surface area contributed by atoms with Crippen molar-refractivity contribution >= 4 is 6.08 Å². The number of allylic oxidation sites excluding steroid dienone is 3. The molecule has 1 aromatic rings. The third kappa shape index (κ3) is 2.31. The van der Waals surface area contributed by atoms with Gasteiger partial charge in [-0.25, -0.2) is 0 Å². The lowest BCUT2D eigenvalue weighted by Crippen LogP contribution is -1.88. The number of hydrogen-bond acceptors (Lipinski definition) is 2. The molecule has 0 aromatic carbocycles. The van der Waals surface area contributed by atoms with Gasteiger partial charge >= 0.3 is 0 Å². The van der Waals surface area contributed by atoms with Crippen LogP contribution in [0.3, 0.4) is 0 Å². The fraction of sp³-hybridized carbons (Fsp3) is 0.200. The summed E-state index contributed by atoms with van der Waals surface area (Å²) in [6.07, 6.45) is 11.2. The van der Waals surface area contributed by atoms with Crippen LogP contribution in [0, 0.1) is 6.92 Å². The molecule has 0 saturated heterocycles. The van der Waals surface area contributed by atoms with Gasteiger partial charge < -0.3 is 0 Å². The standard InChI is InChI=1S/C10H12N2/c1-3-4-5-6-10-9(2)11-7-8-12-10/h3-8H,1-2H3/b4-3+,6-5-. The highest BCUT2D eigenvalue weighted by atomic mass is 14.8. The van der Waals surface area contributed by atoms with Crippen molar-refractivity contribution in [2.24, 2.45) is 0 Å². The van der Waals surface area contributed by atoms with Gasteiger partial charge in [-0.2, -0.15) is 0 Å². The normalized spacial score (nSPS) is 11.5. The van der Waals surface area contributed by atoms with Crippen LogP contribution in [0.1, 0.15) is 18.3 Å². The number of aryl methyl sites for hydroxylation is 1. The van der Waals surface area contributed by atoms with Crippen LogP contribution in [0.4, 0.5) is 0 Å². The Kier molecular flexibility index (Phi) is 3.20. The molecule has 1 heterocycles. The summed E-state index contributed by atoms with van der Waals surface area (Å²) in [6.45, 7) is 3.93. The summed E-state index contributed by atoms with van der Waals surface area (Å²) in [5.74, 6) is 0. The summed E-state index contributed by atoms with van der Waals surface area (Å²) in [6, 6.07) is 0. The van der Waals surface area contributed by atoms with Gasteiger partial charge in [-0.3, -0.25) is 9.97 Å². The zero-order chi connectivity index (χ0) is 8.81. The summed E-state index contributed by atoms with van der Waals surface area (Å²) in [7, 11) is 0. The first-order valence-electron chi connectivity index (χ1n) is 3.91. The molecule has 0 bridgehead atoms. The number of aromatic nitrogens is 2. The van der Waals surface area contributed by atoms with E-state index in [9.17, 15) is 0 Å². The maximum Gasteiger partial charge on any atom is 0.0842 e. The summed E-state index contributed by atoms with van der Waals surface area (Å²) < 4.78 is 0. The summed E-state index contributed by atoms with van der Waals surface area (Å²) in [4.78, 5) is 8.29. The minimum atomic E-state index is 0.926. The predicted molar refractivity (Wildman–Crippen MR) is 50.6 cm³/mol. The monoisotopic (exact) mass is 160 g/mol. The SMILES string of the molecule is C/C=C/C=C\c1nccnc1C. The quantitative estimate of drug-likeness (QED) is 0.621. The second-order valence-electron chi connectivity index (χ2n) is 2.41. The van der Waals surface area contributed by atoms with E-state index < -0.39 is 0 Å². The molecule has 0 saturated carbocycles. The maximum atomic E-state index is 4.17. The van der Waals surface area contributed by atoms with E-state index in [4.69, 9.17) is 0 Å². The van der Waals surface area contributed by atoms with Gasteiger partial charge in [0.1, 0.15) is 0 Å². The van der Waals surface area contributed by atoms with Crippen LogP contribution >= 0.6 is 0 Å². The van der Waals surface area contributed by atoms with E-state index in [0.29, 0.717) is 0 Å². The summed E-state index contributed by atoms with van der Waals surface area (Å²) >= 11 is 0. The molecule has 0 N–H and O–H groups in total. The van der Waals surface area contributed by atoms with E-state index in [2.05, 4.69) is 9.97 Å². The Labute approximate surface area is 72.7 Å². The molecule has 0 unspecified atom stereocenters. The van der Waals surface area contributed by atoms with Crippen LogP contribution < -0.4 is 0 Å². The smallest absolute Gasteiger partial charge is 0.0842 e. The van der Waals surface area contributed by atoms with Crippen molar-refractivity contribution in [3.63, 3.8) is 0 Å². The molecule has 2 heteroatoms. The topological polar surface area (TPSA) is 25.8 Å². The molecule has 2 nitrogen and oxygen atoms in total. The molecule has 62 valence electrons. The second kappa shape index (κ2) is 4.44. The van der Waals surface area contributed by atoms with Gasteiger partial charge in [0, 0.05) is 12.4 Å². The average Bonchev–Trinajstić information content (AvgIpc) is 2.09. The lowest BCUT2D eigenvalue weighted by atomic mass is 10.3. The zero-order valence-electron chi connectivity index (χ0n) is 7.36. The van der Waals surface area contributed by atoms with Gasteiger partial charge in [-0.15, -0.1) is 0 Å². The van der Waals surface area contributed by atoms with E-state index in [0.717, 1.165) is 11.4 Å². The van der Waals surface area contributed by atoms with E-state index >= 15 is 0 Å². The summed E-state index contributed by atoms with van der Waals surface area (Å²) in [5, 5.41) is 0. The molecule has 0 aliphatic rings. The Morgan fingerprint density at radius 1 is 1.17 bits per heavy atom. The molecule has 0 aliphatic carbocycles. The van der Waals surface area contributed by atoms with Gasteiger partial charge in [0.2, 0.25) is 0 Å². The van der Waals surface area contributed by atoms with E-state index in [1.165, 1.54) is 0 Å². The second-order valence-corrected chi connectivity index (χ2v) is 2.41. The Hall–Kier alpha value is -1.44. The fourth-order valence-corrected chi connectivity index (χ4v) is 0.840. The number of nitrogens with zero attached hydrogens (tertiary/aromatic N) is 2. The highest BCUT2D eigenvalue weighted by molar-refractivity contribution is 5.48. The minimum absolute atomic E-state index is 0.926. The molecule has 0 atom stereocenters. The Bertz CT molecular complexity index is 300. The van der Waals surface area contributed by atoms with Gasteiger partial charge in [0.25, 0.3) is 0 Å². The van der Waals surface area contributed by atoms with E-state index in [1.54, 1.807) is 12.4 Å². The molecule has 12 heavy (non-hydrogen) atoms. The molecule has 0 fully saturated rings. The van der Waals surface area contributed by atoms with Crippen LogP contribution in [-0.2, 0) is 0 Å². The zero-order valence-corrected chi connectivity index (χ0v) is 7.36. The molecule has 0 spiro atoms. The van der Waals surface area contributed by atoms with Gasteiger partial charge in [0.05, 0.1) is 11.4 Å². The average molecular weight is 160 g/mol. The van der Waals surface area contributed by atoms with Gasteiger partial charge in [-0.05, 0) is 19.9 Å². The van der Waals surface area contributed by atoms with Crippen molar-refractivity contribution in [2.45, 2.75) is 13.8 Å². The largest absolute Gasteiger partial charge is 0.258 e. The van der Waals surface area contributed by atoms with Crippen LogP contribution in [0.2, 0.25) is 0 Å². The van der Waals surface area contributed by atoms with Crippen LogP contribution in [-0.4, -0.2) is 9.97 Å². The Morgan fingerprint density at radius 3 is 2.58 bits per heavy atom. The fourth-order valence-electron chi connectivity index (χ4n) is 0.840. The van der Waals surface area contributed by atoms with Crippen molar-refractivity contribution in [3.8, 4) is 0 Å². The Balaban J connectivity index is 2.82. The van der Waals surface area contributed by atoms with Crippen molar-refractivity contribution in [2.75, 3.05) is 0 Å². The third-order valence-corrected chi connectivity index (χ3v) is 1.48. The first-order chi connectivity index (χ1) is 5.84. The molecular formula is C10H12N2. The highest BCUT2D eigenvalue weighted by Crippen LogP contribution is 2.01. The number of rotatable bonds is 2. The first-order valence-corrected chi connectivity index (χ1v) is 3.91. The van der Waals surface area contributed by atoms with Gasteiger partial charge in [0.15, 0.2) is 0 Å². The third-order valence-electron chi connectivity index (χ3n) is 1.48. The molecule has 0 radical (unpaired) electrons. The minimum Gasteiger partial charge on any atom is -0.258 e. The summed E-state index contributed by atoms with van der Waals surface area (Å²) in [5.41, 5.74) is 1.88. The number of hydrogen-bond donors (Lipinski definition) is 0. The van der Waals surface area contributed by atoms with Crippen molar-refractivity contribution < 1.29 is 0 Å².